The maximum atomic E-state index is 3.54. The van der Waals surface area contributed by atoms with Crippen molar-refractivity contribution in [3.05, 3.63) is 18.2 Å². The Kier molecular flexibility index (Phi) is 10.3. The van der Waals surface area contributed by atoms with Crippen LogP contribution < -0.4 is 4.57 Å². The summed E-state index contributed by atoms with van der Waals surface area (Å²) in [6.07, 6.45) is 18.0. The topological polar surface area (TPSA) is 19.7 Å². The molecule has 0 aliphatic heterocycles. The highest BCUT2D eigenvalue weighted by molar-refractivity contribution is 4.92. The van der Waals surface area contributed by atoms with E-state index in [4.69, 9.17) is 0 Å². The molecule has 2 heteroatoms. The summed E-state index contributed by atoms with van der Waals surface area (Å²) in [5, 5.41) is 0. The first-order valence-electron chi connectivity index (χ1n) is 10.2. The van der Waals surface area contributed by atoms with Crippen molar-refractivity contribution in [2.24, 2.45) is 5.92 Å². The molecule has 2 atom stereocenters. The maximum absolute atomic E-state index is 3.54. The fraction of sp³-hybridized carbons (Fsp3) is 0.857. The lowest BCUT2D eigenvalue weighted by molar-refractivity contribution is -0.727. The fourth-order valence-electron chi connectivity index (χ4n) is 3.67. The summed E-state index contributed by atoms with van der Waals surface area (Å²) in [6.45, 7) is 11.7. The van der Waals surface area contributed by atoms with Crippen molar-refractivity contribution >= 4 is 0 Å². The molecule has 23 heavy (non-hydrogen) atoms. The van der Waals surface area contributed by atoms with Crippen LogP contribution in [0.3, 0.4) is 0 Å². The first kappa shape index (κ1) is 20.3. The van der Waals surface area contributed by atoms with Gasteiger partial charge in [-0.05, 0) is 32.1 Å². The molecule has 0 bridgehead atoms. The normalized spacial score (nSPS) is 14.3. The minimum absolute atomic E-state index is 0.616. The molecule has 0 saturated heterocycles. The number of rotatable bonds is 13. The van der Waals surface area contributed by atoms with Gasteiger partial charge in [-0.2, -0.15) is 0 Å². The summed E-state index contributed by atoms with van der Waals surface area (Å²) < 4.78 is 2.51. The lowest BCUT2D eigenvalue weighted by atomic mass is 9.90. The Morgan fingerprint density at radius 3 is 2.13 bits per heavy atom. The Hall–Kier alpha value is -0.790. The number of imidazole rings is 1. The molecule has 134 valence electrons. The van der Waals surface area contributed by atoms with E-state index in [1.807, 2.05) is 0 Å². The summed E-state index contributed by atoms with van der Waals surface area (Å²) in [6, 6.07) is 0.616. The quantitative estimate of drug-likeness (QED) is 0.314. The molecule has 1 heterocycles. The van der Waals surface area contributed by atoms with Crippen LogP contribution in [0.25, 0.3) is 0 Å². The number of nitrogens with one attached hydrogen (secondary N) is 1. The predicted octanol–water partition coefficient (Wildman–Crippen LogP) is 6.54. The maximum Gasteiger partial charge on any atom is 0.257 e. The van der Waals surface area contributed by atoms with Gasteiger partial charge < -0.3 is 0 Å². The molecular weight excluding hydrogens is 280 g/mol. The first-order valence-corrected chi connectivity index (χ1v) is 10.2. The van der Waals surface area contributed by atoms with E-state index in [1.54, 1.807) is 0 Å². The number of nitrogens with zero attached hydrogens (tertiary/aromatic N) is 1. The third-order valence-corrected chi connectivity index (χ3v) is 5.20. The number of hydrogen-bond acceptors (Lipinski definition) is 0. The molecule has 1 N–H and O–H groups in total. The molecule has 1 aromatic rings. The van der Waals surface area contributed by atoms with Crippen LogP contribution >= 0.6 is 0 Å². The zero-order valence-corrected chi connectivity index (χ0v) is 16.4. The largest absolute Gasteiger partial charge is 0.257 e. The Morgan fingerprint density at radius 2 is 1.52 bits per heavy atom. The molecular formula is C21H41N2+. The molecule has 2 unspecified atom stereocenters. The van der Waals surface area contributed by atoms with E-state index in [1.165, 1.54) is 70.0 Å². The summed E-state index contributed by atoms with van der Waals surface area (Å²) >= 11 is 0. The smallest absolute Gasteiger partial charge is 0.247 e. The molecule has 0 radical (unpaired) electrons. The van der Waals surface area contributed by atoms with E-state index in [-0.39, 0.29) is 0 Å². The average molecular weight is 322 g/mol. The van der Waals surface area contributed by atoms with Crippen molar-refractivity contribution in [3.8, 4) is 0 Å². The van der Waals surface area contributed by atoms with Gasteiger partial charge in [-0.15, -0.1) is 0 Å². The predicted molar refractivity (Wildman–Crippen MR) is 101 cm³/mol. The molecule has 0 saturated carbocycles. The molecule has 0 spiro atoms. The third-order valence-electron chi connectivity index (χ3n) is 5.20. The SMILES string of the molecule is CCCCCCCCCC(C)[n+]1cc[nH]c1C(CCC)C(C)C. The minimum atomic E-state index is 0.616. The molecule has 1 aromatic heterocycles. The van der Waals surface area contributed by atoms with E-state index < -0.39 is 0 Å². The van der Waals surface area contributed by atoms with Crippen LogP contribution in [-0.4, -0.2) is 4.98 Å². The van der Waals surface area contributed by atoms with Crippen LogP contribution in [0.2, 0.25) is 0 Å². The number of hydrogen-bond donors (Lipinski definition) is 1. The van der Waals surface area contributed by atoms with E-state index >= 15 is 0 Å². The highest BCUT2D eigenvalue weighted by atomic mass is 15.1. The van der Waals surface area contributed by atoms with E-state index in [0.29, 0.717) is 17.9 Å². The minimum Gasteiger partial charge on any atom is -0.247 e. The molecule has 0 aliphatic rings. The van der Waals surface area contributed by atoms with Gasteiger partial charge in [0.05, 0.1) is 12.0 Å². The van der Waals surface area contributed by atoms with Gasteiger partial charge in [0, 0.05) is 0 Å². The Morgan fingerprint density at radius 1 is 0.870 bits per heavy atom. The van der Waals surface area contributed by atoms with Crippen molar-refractivity contribution in [1.29, 1.82) is 0 Å². The summed E-state index contributed by atoms with van der Waals surface area (Å²) in [4.78, 5) is 3.54. The van der Waals surface area contributed by atoms with Gasteiger partial charge in [-0.25, -0.2) is 9.55 Å². The second kappa shape index (κ2) is 11.7. The van der Waals surface area contributed by atoms with Crippen molar-refractivity contribution in [2.75, 3.05) is 0 Å². The zero-order chi connectivity index (χ0) is 17.1. The summed E-state index contributed by atoms with van der Waals surface area (Å²) in [5.41, 5.74) is 0. The van der Waals surface area contributed by atoms with Crippen LogP contribution in [0, 0.1) is 5.92 Å². The molecule has 0 aromatic carbocycles. The van der Waals surface area contributed by atoms with Gasteiger partial charge in [-0.1, -0.05) is 72.6 Å². The van der Waals surface area contributed by atoms with Gasteiger partial charge >= 0.3 is 0 Å². The Balaban J connectivity index is 2.44. The Bertz CT molecular complexity index is 394. The third kappa shape index (κ3) is 7.10. The number of aromatic amines is 1. The highest BCUT2D eigenvalue weighted by Gasteiger charge is 2.27. The van der Waals surface area contributed by atoms with E-state index in [2.05, 4.69) is 56.6 Å². The first-order chi connectivity index (χ1) is 11.1. The number of H-pyrrole nitrogens is 1. The van der Waals surface area contributed by atoms with Gasteiger partial charge in [0.2, 0.25) is 0 Å². The van der Waals surface area contributed by atoms with Gasteiger partial charge in [0.1, 0.15) is 12.4 Å². The fourth-order valence-corrected chi connectivity index (χ4v) is 3.67. The second-order valence-electron chi connectivity index (χ2n) is 7.65. The van der Waals surface area contributed by atoms with Crippen molar-refractivity contribution in [3.63, 3.8) is 0 Å². The standard InChI is InChI=1S/C21H40N2/c1-6-8-9-10-11-12-13-15-19(5)23-17-16-22-21(23)20(14-7-2)18(3)4/h16-20H,6-15H2,1-5H3/p+1. The van der Waals surface area contributed by atoms with Crippen LogP contribution in [0.1, 0.15) is 117 Å². The second-order valence-corrected chi connectivity index (χ2v) is 7.65. The van der Waals surface area contributed by atoms with Crippen LogP contribution in [-0.2, 0) is 0 Å². The average Bonchev–Trinajstić information content (AvgIpc) is 3.00. The lowest BCUT2D eigenvalue weighted by Gasteiger charge is -2.19. The molecule has 1 rings (SSSR count). The number of unbranched alkanes of at least 4 members (excludes halogenated alkanes) is 6. The van der Waals surface area contributed by atoms with Gasteiger partial charge in [-0.3, -0.25) is 0 Å². The highest BCUT2D eigenvalue weighted by Crippen LogP contribution is 2.26. The van der Waals surface area contributed by atoms with E-state index in [9.17, 15) is 0 Å². The van der Waals surface area contributed by atoms with Crippen LogP contribution in [0.5, 0.6) is 0 Å². The van der Waals surface area contributed by atoms with Gasteiger partial charge in [0.15, 0.2) is 0 Å². The summed E-state index contributed by atoms with van der Waals surface area (Å²) in [7, 11) is 0. The Labute approximate surface area is 145 Å². The zero-order valence-electron chi connectivity index (χ0n) is 16.4. The monoisotopic (exact) mass is 321 g/mol. The lowest BCUT2D eigenvalue weighted by Crippen LogP contribution is -2.41. The summed E-state index contributed by atoms with van der Waals surface area (Å²) in [5.74, 6) is 2.80. The number of aromatic nitrogens is 2. The molecule has 0 aliphatic carbocycles. The molecule has 0 fully saturated rings. The van der Waals surface area contributed by atoms with Gasteiger partial charge in [0.25, 0.3) is 5.82 Å². The van der Waals surface area contributed by atoms with E-state index in [0.717, 1.165) is 0 Å². The van der Waals surface area contributed by atoms with Crippen molar-refractivity contribution in [1.82, 2.24) is 4.98 Å². The van der Waals surface area contributed by atoms with Crippen LogP contribution in [0.15, 0.2) is 12.4 Å². The van der Waals surface area contributed by atoms with Crippen molar-refractivity contribution in [2.45, 2.75) is 111 Å². The molecule has 2 nitrogen and oxygen atoms in total. The van der Waals surface area contributed by atoms with Crippen LogP contribution in [0.4, 0.5) is 0 Å². The molecule has 0 amide bonds. The van der Waals surface area contributed by atoms with Crippen molar-refractivity contribution < 1.29 is 4.57 Å².